The highest BCUT2D eigenvalue weighted by molar-refractivity contribution is 6.13. The second-order valence-corrected chi connectivity index (χ2v) is 7.47. The Morgan fingerprint density at radius 3 is 2.42 bits per heavy atom. The fraction of sp³-hybridized carbons (Fsp3) is 0.600. The number of likely N-dealkylation sites (tertiary alicyclic amines) is 1. The number of amides is 2. The lowest BCUT2D eigenvalue weighted by atomic mass is 9.95. The molecule has 4 nitrogen and oxygen atoms in total. The molecule has 0 aromatic heterocycles. The van der Waals surface area contributed by atoms with E-state index in [4.69, 9.17) is 0 Å². The minimum Gasteiger partial charge on any atom is -0.339 e. The predicted molar refractivity (Wildman–Crippen MR) is 95.9 cm³/mol. The Balaban J connectivity index is 1.75. The number of nitrogens with one attached hydrogen (secondary N) is 1. The van der Waals surface area contributed by atoms with Gasteiger partial charge in [-0.2, -0.15) is 0 Å². The number of anilines is 1. The first-order valence-electron chi connectivity index (χ1n) is 9.17. The molecule has 1 aromatic carbocycles. The van der Waals surface area contributed by atoms with E-state index in [1.54, 1.807) is 0 Å². The zero-order valence-corrected chi connectivity index (χ0v) is 15.0. The third-order valence-corrected chi connectivity index (χ3v) is 5.43. The molecule has 130 valence electrons. The van der Waals surface area contributed by atoms with E-state index in [0.29, 0.717) is 18.9 Å². The van der Waals surface area contributed by atoms with E-state index in [0.717, 1.165) is 42.6 Å². The van der Waals surface area contributed by atoms with Gasteiger partial charge in [0, 0.05) is 18.3 Å². The van der Waals surface area contributed by atoms with Gasteiger partial charge in [0.1, 0.15) is 5.41 Å². The minimum atomic E-state index is -0.817. The Labute approximate surface area is 144 Å². The number of benzene rings is 1. The van der Waals surface area contributed by atoms with E-state index in [1.807, 2.05) is 30.9 Å². The summed E-state index contributed by atoms with van der Waals surface area (Å²) in [6, 6.07) is 6.30. The third-order valence-electron chi connectivity index (χ3n) is 5.43. The van der Waals surface area contributed by atoms with Gasteiger partial charge < -0.3 is 10.2 Å². The summed E-state index contributed by atoms with van der Waals surface area (Å²) in [6.07, 6.45) is 5.63. The maximum Gasteiger partial charge on any atom is 0.240 e. The zero-order chi connectivity index (χ0) is 17.3. The smallest absolute Gasteiger partial charge is 0.240 e. The van der Waals surface area contributed by atoms with Crippen LogP contribution >= 0.6 is 0 Å². The van der Waals surface area contributed by atoms with E-state index in [2.05, 4.69) is 18.3 Å². The minimum absolute atomic E-state index is 0.0518. The van der Waals surface area contributed by atoms with Crippen LogP contribution in [-0.4, -0.2) is 29.3 Å². The maximum atomic E-state index is 13.1. The summed E-state index contributed by atoms with van der Waals surface area (Å²) in [5.74, 6) is -0.0751. The van der Waals surface area contributed by atoms with Crippen molar-refractivity contribution in [3.05, 3.63) is 29.3 Å². The molecular weight excluding hydrogens is 300 g/mol. The molecule has 2 aliphatic rings. The van der Waals surface area contributed by atoms with Crippen molar-refractivity contribution in [1.82, 2.24) is 4.90 Å². The van der Waals surface area contributed by atoms with Gasteiger partial charge in [-0.1, -0.05) is 13.0 Å². The first kappa shape index (κ1) is 17.0. The van der Waals surface area contributed by atoms with Gasteiger partial charge in [0.05, 0.1) is 0 Å². The van der Waals surface area contributed by atoms with Crippen molar-refractivity contribution < 1.29 is 9.59 Å². The highest BCUT2D eigenvalue weighted by Gasteiger charge is 2.58. The van der Waals surface area contributed by atoms with Crippen LogP contribution in [0.1, 0.15) is 56.6 Å². The van der Waals surface area contributed by atoms with Gasteiger partial charge in [0.25, 0.3) is 0 Å². The second-order valence-electron chi connectivity index (χ2n) is 7.47. The molecule has 1 N–H and O–H groups in total. The Morgan fingerprint density at radius 1 is 1.17 bits per heavy atom. The number of hydrogen-bond acceptors (Lipinski definition) is 2. The number of carbonyl (C=O) groups excluding carboxylic acids is 2. The second kappa shape index (κ2) is 6.58. The van der Waals surface area contributed by atoms with Crippen LogP contribution in [0.25, 0.3) is 0 Å². The van der Waals surface area contributed by atoms with Crippen molar-refractivity contribution in [1.29, 1.82) is 0 Å². The SMILES string of the molecule is CCC1CCCCN1C(=O)C1(C(=O)Nc2cc(C)cc(C)c2)CC1. The number of nitrogens with zero attached hydrogens (tertiary/aromatic N) is 1. The Kier molecular flexibility index (Phi) is 4.66. The lowest BCUT2D eigenvalue weighted by Gasteiger charge is -2.37. The van der Waals surface area contributed by atoms with Crippen LogP contribution in [0, 0.1) is 19.3 Å². The highest BCUT2D eigenvalue weighted by Crippen LogP contribution is 2.49. The first-order valence-corrected chi connectivity index (χ1v) is 9.17. The number of aryl methyl sites for hydroxylation is 2. The Hall–Kier alpha value is -1.84. The van der Waals surface area contributed by atoms with Gasteiger partial charge in [0.2, 0.25) is 11.8 Å². The molecule has 1 aliphatic carbocycles. The van der Waals surface area contributed by atoms with Crippen molar-refractivity contribution >= 4 is 17.5 Å². The molecule has 0 radical (unpaired) electrons. The Morgan fingerprint density at radius 2 is 1.83 bits per heavy atom. The fourth-order valence-electron chi connectivity index (χ4n) is 3.93. The number of rotatable bonds is 4. The molecule has 1 saturated carbocycles. The summed E-state index contributed by atoms with van der Waals surface area (Å²) in [5.41, 5.74) is 2.21. The molecule has 1 heterocycles. The van der Waals surface area contributed by atoms with Crippen LogP contribution in [0.5, 0.6) is 0 Å². The Bertz CT molecular complexity index is 629. The molecule has 0 bridgehead atoms. The summed E-state index contributed by atoms with van der Waals surface area (Å²) >= 11 is 0. The molecule has 1 unspecified atom stereocenters. The maximum absolute atomic E-state index is 13.1. The van der Waals surface area contributed by atoms with Crippen LogP contribution in [-0.2, 0) is 9.59 Å². The molecule has 3 rings (SSSR count). The first-order chi connectivity index (χ1) is 11.5. The summed E-state index contributed by atoms with van der Waals surface area (Å²) in [4.78, 5) is 27.9. The van der Waals surface area contributed by atoms with Gasteiger partial charge >= 0.3 is 0 Å². The summed E-state index contributed by atoms with van der Waals surface area (Å²) in [6.45, 7) is 6.96. The standard InChI is InChI=1S/C20H28N2O2/c1-4-17-7-5-6-10-22(17)19(24)20(8-9-20)18(23)21-16-12-14(2)11-15(3)13-16/h11-13,17H,4-10H2,1-3H3,(H,21,23). The van der Waals surface area contributed by atoms with Crippen molar-refractivity contribution in [2.45, 2.75) is 65.3 Å². The van der Waals surface area contributed by atoms with Gasteiger partial charge in [-0.3, -0.25) is 9.59 Å². The monoisotopic (exact) mass is 328 g/mol. The highest BCUT2D eigenvalue weighted by atomic mass is 16.2. The normalized spacial score (nSPS) is 22.1. The number of carbonyl (C=O) groups is 2. The van der Waals surface area contributed by atoms with E-state index in [1.165, 1.54) is 6.42 Å². The van der Waals surface area contributed by atoms with Gasteiger partial charge in [-0.05, 0) is 75.6 Å². The zero-order valence-electron chi connectivity index (χ0n) is 15.0. The molecule has 0 spiro atoms. The van der Waals surface area contributed by atoms with Crippen LogP contribution in [0.2, 0.25) is 0 Å². The van der Waals surface area contributed by atoms with Crippen LogP contribution < -0.4 is 5.32 Å². The molecule has 2 fully saturated rings. The van der Waals surface area contributed by atoms with Crippen molar-refractivity contribution in [3.63, 3.8) is 0 Å². The summed E-state index contributed by atoms with van der Waals surface area (Å²) < 4.78 is 0. The molecule has 4 heteroatoms. The summed E-state index contributed by atoms with van der Waals surface area (Å²) in [7, 11) is 0. The molecule has 2 amide bonds. The van der Waals surface area contributed by atoms with E-state index in [9.17, 15) is 9.59 Å². The van der Waals surface area contributed by atoms with E-state index < -0.39 is 5.41 Å². The van der Waals surface area contributed by atoms with Gasteiger partial charge in [0.15, 0.2) is 0 Å². The summed E-state index contributed by atoms with van der Waals surface area (Å²) in [5, 5.41) is 2.99. The van der Waals surface area contributed by atoms with Crippen LogP contribution in [0.15, 0.2) is 18.2 Å². The largest absolute Gasteiger partial charge is 0.339 e. The van der Waals surface area contributed by atoms with Crippen LogP contribution in [0.4, 0.5) is 5.69 Å². The van der Waals surface area contributed by atoms with Gasteiger partial charge in [-0.25, -0.2) is 0 Å². The lowest BCUT2D eigenvalue weighted by molar-refractivity contribution is -0.145. The molecule has 1 atom stereocenters. The molecule has 24 heavy (non-hydrogen) atoms. The number of hydrogen-bond donors (Lipinski definition) is 1. The van der Waals surface area contributed by atoms with Crippen molar-refractivity contribution in [2.75, 3.05) is 11.9 Å². The lowest BCUT2D eigenvalue weighted by Crippen LogP contribution is -2.49. The quantitative estimate of drug-likeness (QED) is 0.854. The van der Waals surface area contributed by atoms with E-state index >= 15 is 0 Å². The molecule has 1 aliphatic heterocycles. The van der Waals surface area contributed by atoms with Crippen molar-refractivity contribution in [2.24, 2.45) is 5.41 Å². The fourth-order valence-corrected chi connectivity index (χ4v) is 3.93. The molecular formula is C20H28N2O2. The molecule has 1 aromatic rings. The molecule has 1 saturated heterocycles. The predicted octanol–water partition coefficient (Wildman–Crippen LogP) is 3.81. The average molecular weight is 328 g/mol. The third kappa shape index (κ3) is 3.19. The van der Waals surface area contributed by atoms with E-state index in [-0.39, 0.29) is 11.8 Å². The average Bonchev–Trinajstić information content (AvgIpc) is 3.35. The number of piperidine rings is 1. The van der Waals surface area contributed by atoms with Crippen LogP contribution in [0.3, 0.4) is 0 Å². The van der Waals surface area contributed by atoms with Crippen molar-refractivity contribution in [3.8, 4) is 0 Å². The van der Waals surface area contributed by atoms with Gasteiger partial charge in [-0.15, -0.1) is 0 Å². The topological polar surface area (TPSA) is 49.4 Å².